The van der Waals surface area contributed by atoms with Gasteiger partial charge in [0.2, 0.25) is 0 Å². The number of carbonyl (C=O) groups is 1. The number of halogens is 2. The molecule has 2 aromatic rings. The van der Waals surface area contributed by atoms with Gasteiger partial charge in [-0.25, -0.2) is 4.98 Å². The van der Waals surface area contributed by atoms with E-state index in [1.807, 2.05) is 25.1 Å². The molecule has 0 fully saturated rings. The van der Waals surface area contributed by atoms with Crippen molar-refractivity contribution in [2.24, 2.45) is 0 Å². The number of pyridine rings is 1. The summed E-state index contributed by atoms with van der Waals surface area (Å²) < 4.78 is 0. The van der Waals surface area contributed by atoms with E-state index in [0.29, 0.717) is 22.3 Å². The fourth-order valence-electron chi connectivity index (χ4n) is 1.84. The average Bonchev–Trinajstić information content (AvgIpc) is 2.42. The van der Waals surface area contributed by atoms with E-state index in [1.165, 1.54) is 0 Å². The Labute approximate surface area is 128 Å². The van der Waals surface area contributed by atoms with Crippen molar-refractivity contribution in [3.63, 3.8) is 0 Å². The van der Waals surface area contributed by atoms with Gasteiger partial charge in [-0.3, -0.25) is 4.79 Å². The van der Waals surface area contributed by atoms with Crippen LogP contribution in [0.2, 0.25) is 10.0 Å². The molecule has 1 aromatic heterocycles. The summed E-state index contributed by atoms with van der Waals surface area (Å²) in [6.45, 7) is 2.31. The van der Waals surface area contributed by atoms with Crippen molar-refractivity contribution in [3.05, 3.63) is 63.4 Å². The molecule has 2 rings (SSSR count). The van der Waals surface area contributed by atoms with E-state index < -0.39 is 0 Å². The van der Waals surface area contributed by atoms with Crippen LogP contribution in [0.4, 0.5) is 0 Å². The number of carbonyl (C=O) groups excluding carboxylic acids is 1. The summed E-state index contributed by atoms with van der Waals surface area (Å²) in [5.74, 6) is -0.125. The summed E-state index contributed by atoms with van der Waals surface area (Å²) in [6, 6.07) is 10.7. The molecule has 1 heterocycles. The SMILES string of the molecule is Cc1cccc(C(=O)N(C)Cc2ccc(Cl)c(Cl)c2)n1. The fraction of sp³-hybridized carbons (Fsp3) is 0.200. The van der Waals surface area contributed by atoms with E-state index in [4.69, 9.17) is 23.2 Å². The first-order valence-electron chi connectivity index (χ1n) is 6.10. The Morgan fingerprint density at radius 3 is 2.60 bits per heavy atom. The Bertz CT molecular complexity index is 644. The molecule has 1 amide bonds. The molecule has 0 bridgehead atoms. The summed E-state index contributed by atoms with van der Waals surface area (Å²) >= 11 is 11.8. The van der Waals surface area contributed by atoms with Crippen LogP contribution in [0.15, 0.2) is 36.4 Å². The lowest BCUT2D eigenvalue weighted by molar-refractivity contribution is 0.0779. The van der Waals surface area contributed by atoms with Gasteiger partial charge in [-0.1, -0.05) is 35.3 Å². The zero-order valence-electron chi connectivity index (χ0n) is 11.2. The second-order valence-corrected chi connectivity index (χ2v) is 5.39. The van der Waals surface area contributed by atoms with E-state index in [1.54, 1.807) is 30.1 Å². The number of amides is 1. The van der Waals surface area contributed by atoms with E-state index in [-0.39, 0.29) is 5.91 Å². The maximum absolute atomic E-state index is 12.3. The molecule has 0 atom stereocenters. The standard InChI is InChI=1S/C15H14Cl2N2O/c1-10-4-3-5-14(18-10)15(20)19(2)9-11-6-7-12(16)13(17)8-11/h3-8H,9H2,1-2H3. The highest BCUT2D eigenvalue weighted by molar-refractivity contribution is 6.42. The largest absolute Gasteiger partial charge is 0.336 e. The number of nitrogens with zero attached hydrogens (tertiary/aromatic N) is 2. The van der Waals surface area contributed by atoms with Gasteiger partial charge < -0.3 is 4.90 Å². The molecule has 0 radical (unpaired) electrons. The number of rotatable bonds is 3. The molecule has 0 aliphatic carbocycles. The number of aromatic nitrogens is 1. The van der Waals surface area contributed by atoms with Gasteiger partial charge in [0.15, 0.2) is 0 Å². The van der Waals surface area contributed by atoms with Gasteiger partial charge in [0.1, 0.15) is 5.69 Å². The minimum Gasteiger partial charge on any atom is -0.336 e. The molecule has 0 saturated carbocycles. The lowest BCUT2D eigenvalue weighted by Gasteiger charge is -2.17. The minimum absolute atomic E-state index is 0.125. The van der Waals surface area contributed by atoms with Gasteiger partial charge in [0.25, 0.3) is 5.91 Å². The summed E-state index contributed by atoms with van der Waals surface area (Å²) in [4.78, 5) is 18.1. The monoisotopic (exact) mass is 308 g/mol. The lowest BCUT2D eigenvalue weighted by atomic mass is 10.2. The Hall–Kier alpha value is -1.58. The van der Waals surface area contributed by atoms with Gasteiger partial charge in [-0.05, 0) is 36.8 Å². The third kappa shape index (κ3) is 3.50. The van der Waals surface area contributed by atoms with Crippen molar-refractivity contribution in [1.29, 1.82) is 0 Å². The first kappa shape index (κ1) is 14.8. The quantitative estimate of drug-likeness (QED) is 0.859. The van der Waals surface area contributed by atoms with Crippen LogP contribution in [0.1, 0.15) is 21.7 Å². The molecule has 104 valence electrons. The highest BCUT2D eigenvalue weighted by Gasteiger charge is 2.13. The summed E-state index contributed by atoms with van der Waals surface area (Å²) in [7, 11) is 1.73. The van der Waals surface area contributed by atoms with Crippen LogP contribution in [0.25, 0.3) is 0 Å². The zero-order chi connectivity index (χ0) is 14.7. The summed E-state index contributed by atoms with van der Waals surface area (Å²) in [6.07, 6.45) is 0. The number of benzene rings is 1. The molecule has 0 unspecified atom stereocenters. The molecule has 0 aliphatic heterocycles. The van der Waals surface area contributed by atoms with Crippen LogP contribution < -0.4 is 0 Å². The molecule has 0 aliphatic rings. The molecule has 20 heavy (non-hydrogen) atoms. The first-order chi connectivity index (χ1) is 9.47. The van der Waals surface area contributed by atoms with Crippen LogP contribution in [0.3, 0.4) is 0 Å². The van der Waals surface area contributed by atoms with Gasteiger partial charge in [-0.2, -0.15) is 0 Å². The molecular weight excluding hydrogens is 295 g/mol. The van der Waals surface area contributed by atoms with E-state index in [9.17, 15) is 4.79 Å². The summed E-state index contributed by atoms with van der Waals surface area (Å²) in [5, 5.41) is 0.989. The van der Waals surface area contributed by atoms with Gasteiger partial charge in [0, 0.05) is 19.3 Å². The van der Waals surface area contributed by atoms with E-state index in [2.05, 4.69) is 4.98 Å². The Balaban J connectivity index is 2.13. The second kappa shape index (κ2) is 6.25. The Morgan fingerprint density at radius 2 is 1.95 bits per heavy atom. The third-order valence-electron chi connectivity index (χ3n) is 2.86. The number of aryl methyl sites for hydroxylation is 1. The highest BCUT2D eigenvalue weighted by atomic mass is 35.5. The van der Waals surface area contributed by atoms with Crippen LogP contribution in [-0.2, 0) is 6.54 Å². The number of hydrogen-bond donors (Lipinski definition) is 0. The van der Waals surface area contributed by atoms with Crippen molar-refractivity contribution in [2.45, 2.75) is 13.5 Å². The molecular formula is C15H14Cl2N2O. The first-order valence-corrected chi connectivity index (χ1v) is 6.86. The van der Waals surface area contributed by atoms with Gasteiger partial charge in [0.05, 0.1) is 10.0 Å². The topological polar surface area (TPSA) is 33.2 Å². The second-order valence-electron chi connectivity index (χ2n) is 4.57. The highest BCUT2D eigenvalue weighted by Crippen LogP contribution is 2.23. The lowest BCUT2D eigenvalue weighted by Crippen LogP contribution is -2.27. The van der Waals surface area contributed by atoms with Crippen molar-refractivity contribution in [1.82, 2.24) is 9.88 Å². The Morgan fingerprint density at radius 1 is 1.20 bits per heavy atom. The molecule has 0 saturated heterocycles. The maximum atomic E-state index is 12.3. The van der Waals surface area contributed by atoms with Gasteiger partial charge in [-0.15, -0.1) is 0 Å². The molecule has 0 N–H and O–H groups in total. The fourth-order valence-corrected chi connectivity index (χ4v) is 2.16. The van der Waals surface area contributed by atoms with Crippen LogP contribution in [0, 0.1) is 6.92 Å². The smallest absolute Gasteiger partial charge is 0.272 e. The normalized spacial score (nSPS) is 10.4. The third-order valence-corrected chi connectivity index (χ3v) is 3.60. The predicted molar refractivity (Wildman–Crippen MR) is 81.2 cm³/mol. The van der Waals surface area contributed by atoms with Crippen molar-refractivity contribution in [2.75, 3.05) is 7.05 Å². The minimum atomic E-state index is -0.125. The maximum Gasteiger partial charge on any atom is 0.272 e. The van der Waals surface area contributed by atoms with Crippen molar-refractivity contribution in [3.8, 4) is 0 Å². The van der Waals surface area contributed by atoms with E-state index in [0.717, 1.165) is 11.3 Å². The van der Waals surface area contributed by atoms with E-state index >= 15 is 0 Å². The van der Waals surface area contributed by atoms with Crippen molar-refractivity contribution >= 4 is 29.1 Å². The van der Waals surface area contributed by atoms with Crippen LogP contribution in [-0.4, -0.2) is 22.8 Å². The molecule has 1 aromatic carbocycles. The molecule has 0 spiro atoms. The zero-order valence-corrected chi connectivity index (χ0v) is 12.7. The predicted octanol–water partition coefficient (Wildman–Crippen LogP) is 3.97. The average molecular weight is 309 g/mol. The van der Waals surface area contributed by atoms with Crippen LogP contribution in [0.5, 0.6) is 0 Å². The molecule has 5 heteroatoms. The molecule has 3 nitrogen and oxygen atoms in total. The number of hydrogen-bond acceptors (Lipinski definition) is 2. The van der Waals surface area contributed by atoms with Crippen LogP contribution >= 0.6 is 23.2 Å². The van der Waals surface area contributed by atoms with Crippen molar-refractivity contribution < 1.29 is 4.79 Å². The Kier molecular flexibility index (Phi) is 4.63. The van der Waals surface area contributed by atoms with Gasteiger partial charge >= 0.3 is 0 Å². The summed E-state index contributed by atoms with van der Waals surface area (Å²) in [5.41, 5.74) is 2.18.